The second-order valence-corrected chi connectivity index (χ2v) is 6.23. The molecule has 3 rings (SSSR count). The highest BCUT2D eigenvalue weighted by atomic mass is 16.5. The molecule has 1 aliphatic rings. The number of amides is 2. The third-order valence-corrected chi connectivity index (χ3v) is 4.12. The molecule has 2 aromatic carbocycles. The van der Waals surface area contributed by atoms with E-state index < -0.39 is 0 Å². The zero-order valence-corrected chi connectivity index (χ0v) is 14.5. The molecule has 0 atom stereocenters. The largest absolute Gasteiger partial charge is 0.482 e. The summed E-state index contributed by atoms with van der Waals surface area (Å²) in [6, 6.07) is 12.8. The molecule has 6 nitrogen and oxygen atoms in total. The number of ether oxygens (including phenoxy) is 1. The van der Waals surface area contributed by atoms with Crippen LogP contribution in [0.15, 0.2) is 42.5 Å². The van der Waals surface area contributed by atoms with E-state index >= 15 is 0 Å². The molecule has 0 fully saturated rings. The van der Waals surface area contributed by atoms with Gasteiger partial charge in [-0.3, -0.25) is 14.4 Å². The lowest BCUT2D eigenvalue weighted by Crippen LogP contribution is -2.25. The lowest BCUT2D eigenvalue weighted by Gasteiger charge is -2.18. The number of fused-ring (bicyclic) bond motifs is 1. The summed E-state index contributed by atoms with van der Waals surface area (Å²) in [6.07, 6.45) is 0.220. The standard InChI is InChI=1S/C20H20N2O4/c1-13-2-4-14(5-3-13)11-21-19(24)9-7-17(23)15-6-8-18-16(10-15)22-20(25)12-26-18/h2-6,8,10H,7,9,11-12H2,1H3,(H,21,24)(H,22,25). The van der Waals surface area contributed by atoms with Gasteiger partial charge in [-0.1, -0.05) is 29.8 Å². The van der Waals surface area contributed by atoms with Crippen LogP contribution >= 0.6 is 0 Å². The maximum absolute atomic E-state index is 12.3. The second kappa shape index (κ2) is 7.82. The second-order valence-electron chi connectivity index (χ2n) is 6.23. The molecule has 2 N–H and O–H groups in total. The van der Waals surface area contributed by atoms with Crippen LogP contribution in [-0.2, 0) is 16.1 Å². The molecule has 0 bridgehead atoms. The number of ketones is 1. The Morgan fingerprint density at radius 2 is 1.88 bits per heavy atom. The Labute approximate surface area is 151 Å². The van der Waals surface area contributed by atoms with E-state index in [0.717, 1.165) is 11.1 Å². The minimum Gasteiger partial charge on any atom is -0.482 e. The Morgan fingerprint density at radius 1 is 1.12 bits per heavy atom. The van der Waals surface area contributed by atoms with Crippen LogP contribution in [0.25, 0.3) is 0 Å². The molecule has 0 aliphatic carbocycles. The number of nitrogens with one attached hydrogen (secondary N) is 2. The minimum atomic E-state index is -0.252. The molecule has 0 radical (unpaired) electrons. The molecule has 0 unspecified atom stereocenters. The van der Waals surface area contributed by atoms with E-state index in [1.807, 2.05) is 31.2 Å². The first-order chi connectivity index (χ1) is 12.5. The molecule has 6 heteroatoms. The predicted molar refractivity (Wildman–Crippen MR) is 97.2 cm³/mol. The average molecular weight is 352 g/mol. The smallest absolute Gasteiger partial charge is 0.262 e. The summed E-state index contributed by atoms with van der Waals surface area (Å²) in [4.78, 5) is 35.6. The molecule has 2 aromatic rings. The molecular weight excluding hydrogens is 332 g/mol. The third-order valence-electron chi connectivity index (χ3n) is 4.12. The van der Waals surface area contributed by atoms with Crippen LogP contribution in [0.2, 0.25) is 0 Å². The van der Waals surface area contributed by atoms with Gasteiger partial charge < -0.3 is 15.4 Å². The molecule has 0 spiro atoms. The number of carbonyl (C=O) groups excluding carboxylic acids is 3. The predicted octanol–water partition coefficient (Wildman–Crippen LogP) is 2.61. The van der Waals surface area contributed by atoms with Gasteiger partial charge in [0.2, 0.25) is 5.91 Å². The highest BCUT2D eigenvalue weighted by Crippen LogP contribution is 2.28. The number of carbonyl (C=O) groups is 3. The SMILES string of the molecule is Cc1ccc(CNC(=O)CCC(=O)c2ccc3c(c2)NC(=O)CO3)cc1. The number of benzene rings is 2. The van der Waals surface area contributed by atoms with Crippen molar-refractivity contribution in [1.82, 2.24) is 5.32 Å². The zero-order valence-electron chi connectivity index (χ0n) is 14.5. The fourth-order valence-corrected chi connectivity index (χ4v) is 2.62. The molecule has 26 heavy (non-hydrogen) atoms. The van der Waals surface area contributed by atoms with E-state index in [9.17, 15) is 14.4 Å². The number of hydrogen-bond donors (Lipinski definition) is 2. The van der Waals surface area contributed by atoms with E-state index in [4.69, 9.17) is 4.74 Å². The first-order valence-corrected chi connectivity index (χ1v) is 8.43. The maximum atomic E-state index is 12.3. The van der Waals surface area contributed by atoms with Crippen molar-refractivity contribution in [3.05, 3.63) is 59.2 Å². The van der Waals surface area contributed by atoms with Gasteiger partial charge in [-0.15, -0.1) is 0 Å². The highest BCUT2D eigenvalue weighted by molar-refractivity contribution is 6.01. The lowest BCUT2D eigenvalue weighted by molar-refractivity contribution is -0.121. The van der Waals surface area contributed by atoms with Crippen molar-refractivity contribution in [1.29, 1.82) is 0 Å². The van der Waals surface area contributed by atoms with Crippen molar-refractivity contribution >= 4 is 23.3 Å². The van der Waals surface area contributed by atoms with E-state index in [0.29, 0.717) is 23.5 Å². The zero-order chi connectivity index (χ0) is 18.5. The topological polar surface area (TPSA) is 84.5 Å². The molecule has 0 saturated heterocycles. The maximum Gasteiger partial charge on any atom is 0.262 e. The quantitative estimate of drug-likeness (QED) is 0.783. The van der Waals surface area contributed by atoms with Gasteiger partial charge in [0, 0.05) is 24.9 Å². The Bertz CT molecular complexity index is 843. The molecule has 2 amide bonds. The number of Topliss-reactive ketones (excluding diaryl/α,β-unsaturated/α-hetero) is 1. The summed E-state index contributed by atoms with van der Waals surface area (Å²) in [5, 5.41) is 5.48. The van der Waals surface area contributed by atoms with Gasteiger partial charge in [0.15, 0.2) is 12.4 Å². The molecular formula is C20H20N2O4. The van der Waals surface area contributed by atoms with Crippen molar-refractivity contribution in [2.45, 2.75) is 26.3 Å². The van der Waals surface area contributed by atoms with Crippen LogP contribution in [0, 0.1) is 6.92 Å². The van der Waals surface area contributed by atoms with Crippen LogP contribution in [0.3, 0.4) is 0 Å². The molecule has 1 heterocycles. The van der Waals surface area contributed by atoms with Crippen LogP contribution in [-0.4, -0.2) is 24.2 Å². The minimum absolute atomic E-state index is 0.0263. The number of aryl methyl sites for hydroxylation is 1. The van der Waals surface area contributed by atoms with Crippen LogP contribution in [0.5, 0.6) is 5.75 Å². The first kappa shape index (κ1) is 17.7. The van der Waals surface area contributed by atoms with Gasteiger partial charge in [0.25, 0.3) is 5.91 Å². The number of hydrogen-bond acceptors (Lipinski definition) is 4. The summed E-state index contributed by atoms with van der Waals surface area (Å²) >= 11 is 0. The van der Waals surface area contributed by atoms with Crippen molar-refractivity contribution in [2.24, 2.45) is 0 Å². The van der Waals surface area contributed by atoms with Gasteiger partial charge in [-0.05, 0) is 30.7 Å². The Kier molecular flexibility index (Phi) is 5.31. The van der Waals surface area contributed by atoms with Crippen molar-refractivity contribution in [3.8, 4) is 5.75 Å². The van der Waals surface area contributed by atoms with E-state index in [1.54, 1.807) is 18.2 Å². The van der Waals surface area contributed by atoms with Gasteiger partial charge in [-0.2, -0.15) is 0 Å². The Morgan fingerprint density at radius 3 is 2.65 bits per heavy atom. The summed E-state index contributed by atoms with van der Waals surface area (Å²) in [5.74, 6) is -0.0406. The summed E-state index contributed by atoms with van der Waals surface area (Å²) in [6.45, 7) is 2.42. The summed E-state index contributed by atoms with van der Waals surface area (Å²) in [5.41, 5.74) is 3.11. The van der Waals surface area contributed by atoms with E-state index in [2.05, 4.69) is 10.6 Å². The fraction of sp³-hybridized carbons (Fsp3) is 0.250. The van der Waals surface area contributed by atoms with Gasteiger partial charge in [-0.25, -0.2) is 0 Å². The molecule has 134 valence electrons. The van der Waals surface area contributed by atoms with Crippen molar-refractivity contribution in [3.63, 3.8) is 0 Å². The molecule has 1 aliphatic heterocycles. The van der Waals surface area contributed by atoms with Crippen LogP contribution in [0.4, 0.5) is 5.69 Å². The van der Waals surface area contributed by atoms with Gasteiger partial charge in [0.1, 0.15) is 5.75 Å². The average Bonchev–Trinajstić information content (AvgIpc) is 2.65. The van der Waals surface area contributed by atoms with Crippen LogP contribution < -0.4 is 15.4 Å². The Balaban J connectivity index is 1.50. The van der Waals surface area contributed by atoms with Crippen molar-refractivity contribution in [2.75, 3.05) is 11.9 Å². The van der Waals surface area contributed by atoms with E-state index in [1.165, 1.54) is 0 Å². The van der Waals surface area contributed by atoms with Crippen LogP contribution in [0.1, 0.15) is 34.3 Å². The molecule has 0 saturated carbocycles. The lowest BCUT2D eigenvalue weighted by atomic mass is 10.0. The summed E-state index contributed by atoms with van der Waals surface area (Å²) < 4.78 is 5.26. The highest BCUT2D eigenvalue weighted by Gasteiger charge is 2.18. The van der Waals surface area contributed by atoms with E-state index in [-0.39, 0.29) is 37.0 Å². The fourth-order valence-electron chi connectivity index (χ4n) is 2.62. The van der Waals surface area contributed by atoms with Crippen molar-refractivity contribution < 1.29 is 19.1 Å². The summed E-state index contributed by atoms with van der Waals surface area (Å²) in [7, 11) is 0. The third kappa shape index (κ3) is 4.47. The monoisotopic (exact) mass is 352 g/mol. The normalized spacial score (nSPS) is 12.6. The number of anilines is 1. The Hall–Kier alpha value is -3.15. The van der Waals surface area contributed by atoms with Gasteiger partial charge in [0.05, 0.1) is 5.69 Å². The first-order valence-electron chi connectivity index (χ1n) is 8.43. The van der Waals surface area contributed by atoms with Gasteiger partial charge >= 0.3 is 0 Å². The molecule has 0 aromatic heterocycles. The number of rotatable bonds is 6.